The molecule has 0 fully saturated rings. The summed E-state index contributed by atoms with van der Waals surface area (Å²) < 4.78 is 38.3. The Hall–Kier alpha value is -2.31. The predicted octanol–water partition coefficient (Wildman–Crippen LogP) is 2.69. The molecule has 1 aromatic heterocycles. The summed E-state index contributed by atoms with van der Waals surface area (Å²) in [6.45, 7) is 0.00609. The highest BCUT2D eigenvalue weighted by atomic mass is 19.4. The maximum Gasteiger partial charge on any atom is 0.416 e. The first-order chi connectivity index (χ1) is 8.97. The fourth-order valence-electron chi connectivity index (χ4n) is 1.61. The fourth-order valence-corrected chi connectivity index (χ4v) is 1.61. The third-order valence-corrected chi connectivity index (χ3v) is 2.47. The Labute approximate surface area is 107 Å². The lowest BCUT2D eigenvalue weighted by Gasteiger charge is -2.13. The van der Waals surface area contributed by atoms with Crippen LogP contribution in [-0.4, -0.2) is 9.97 Å². The normalized spacial score (nSPS) is 11.3. The highest BCUT2D eigenvalue weighted by Gasteiger charge is 2.32. The van der Waals surface area contributed by atoms with Gasteiger partial charge in [-0.2, -0.15) is 13.2 Å². The quantitative estimate of drug-likeness (QED) is 0.898. The van der Waals surface area contributed by atoms with Crippen molar-refractivity contribution in [1.29, 1.82) is 0 Å². The van der Waals surface area contributed by atoms with Crippen LogP contribution in [0.1, 0.15) is 11.1 Å². The van der Waals surface area contributed by atoms with Crippen molar-refractivity contribution in [3.63, 3.8) is 0 Å². The number of halogens is 3. The molecule has 19 heavy (non-hydrogen) atoms. The monoisotopic (exact) mass is 268 g/mol. The van der Waals surface area contributed by atoms with Crippen LogP contribution in [0.2, 0.25) is 0 Å². The van der Waals surface area contributed by atoms with Gasteiger partial charge in [-0.25, -0.2) is 9.97 Å². The number of alkyl halides is 3. The van der Waals surface area contributed by atoms with E-state index < -0.39 is 11.7 Å². The summed E-state index contributed by atoms with van der Waals surface area (Å²) in [5, 5.41) is 2.78. The molecule has 0 unspecified atom stereocenters. The zero-order valence-corrected chi connectivity index (χ0v) is 9.78. The highest BCUT2D eigenvalue weighted by Crippen LogP contribution is 2.32. The van der Waals surface area contributed by atoms with Gasteiger partial charge in [-0.1, -0.05) is 18.2 Å². The molecule has 1 heterocycles. The van der Waals surface area contributed by atoms with E-state index >= 15 is 0 Å². The first-order valence-corrected chi connectivity index (χ1v) is 5.43. The van der Waals surface area contributed by atoms with Crippen LogP contribution in [0.15, 0.2) is 36.7 Å². The molecular formula is C12H11F3N4. The zero-order chi connectivity index (χ0) is 13.9. The predicted molar refractivity (Wildman–Crippen MR) is 65.2 cm³/mol. The first-order valence-electron chi connectivity index (χ1n) is 5.43. The van der Waals surface area contributed by atoms with Gasteiger partial charge in [-0.3, -0.25) is 0 Å². The molecule has 0 bridgehead atoms. The van der Waals surface area contributed by atoms with Crippen molar-refractivity contribution < 1.29 is 13.2 Å². The van der Waals surface area contributed by atoms with Crippen LogP contribution in [0.4, 0.5) is 24.8 Å². The third kappa shape index (κ3) is 3.34. The molecule has 0 spiro atoms. The SMILES string of the molecule is Nc1cc(NCc2ccccc2C(F)(F)F)ncn1. The maximum atomic E-state index is 12.8. The Morgan fingerprint density at radius 2 is 1.89 bits per heavy atom. The molecule has 0 aliphatic rings. The highest BCUT2D eigenvalue weighted by molar-refractivity contribution is 5.44. The van der Waals surface area contributed by atoms with Crippen molar-refractivity contribution in [1.82, 2.24) is 9.97 Å². The number of nitrogens with two attached hydrogens (primary N) is 1. The summed E-state index contributed by atoms with van der Waals surface area (Å²) in [6, 6.07) is 6.83. The minimum absolute atomic E-state index is 0.00609. The van der Waals surface area contributed by atoms with E-state index in [2.05, 4.69) is 15.3 Å². The van der Waals surface area contributed by atoms with Crippen molar-refractivity contribution in [2.45, 2.75) is 12.7 Å². The van der Waals surface area contributed by atoms with Crippen LogP contribution < -0.4 is 11.1 Å². The minimum Gasteiger partial charge on any atom is -0.384 e. The molecule has 0 saturated heterocycles. The van der Waals surface area contributed by atoms with Crippen LogP contribution in [0.5, 0.6) is 0 Å². The van der Waals surface area contributed by atoms with E-state index in [1.807, 2.05) is 0 Å². The van der Waals surface area contributed by atoms with Gasteiger partial charge in [0, 0.05) is 12.6 Å². The van der Waals surface area contributed by atoms with E-state index in [4.69, 9.17) is 5.73 Å². The topological polar surface area (TPSA) is 63.8 Å². The van der Waals surface area contributed by atoms with E-state index in [0.717, 1.165) is 6.07 Å². The Morgan fingerprint density at radius 3 is 2.58 bits per heavy atom. The molecule has 4 nitrogen and oxygen atoms in total. The average molecular weight is 268 g/mol. The van der Waals surface area contributed by atoms with E-state index in [-0.39, 0.29) is 17.9 Å². The number of aromatic nitrogens is 2. The second-order valence-corrected chi connectivity index (χ2v) is 3.84. The maximum absolute atomic E-state index is 12.8. The van der Waals surface area contributed by atoms with Crippen LogP contribution in [-0.2, 0) is 12.7 Å². The summed E-state index contributed by atoms with van der Waals surface area (Å²) in [7, 11) is 0. The van der Waals surface area contributed by atoms with Crippen molar-refractivity contribution in [2.24, 2.45) is 0 Å². The number of anilines is 2. The van der Waals surface area contributed by atoms with Gasteiger partial charge in [0.25, 0.3) is 0 Å². The lowest BCUT2D eigenvalue weighted by Crippen LogP contribution is -2.12. The zero-order valence-electron chi connectivity index (χ0n) is 9.78. The molecule has 1 aromatic carbocycles. The van der Waals surface area contributed by atoms with Gasteiger partial charge in [0.2, 0.25) is 0 Å². The molecule has 0 amide bonds. The number of hydrogen-bond acceptors (Lipinski definition) is 4. The van der Waals surface area contributed by atoms with E-state index in [1.165, 1.54) is 24.5 Å². The lowest BCUT2D eigenvalue weighted by atomic mass is 10.1. The summed E-state index contributed by atoms with van der Waals surface area (Å²) in [5.74, 6) is 0.631. The van der Waals surface area contributed by atoms with Gasteiger partial charge >= 0.3 is 6.18 Å². The smallest absolute Gasteiger partial charge is 0.384 e. The van der Waals surface area contributed by atoms with Crippen LogP contribution >= 0.6 is 0 Å². The molecular weight excluding hydrogens is 257 g/mol. The minimum atomic E-state index is -4.37. The van der Waals surface area contributed by atoms with Crippen molar-refractivity contribution in [3.05, 3.63) is 47.8 Å². The summed E-state index contributed by atoms with van der Waals surface area (Å²) >= 11 is 0. The van der Waals surface area contributed by atoms with Crippen molar-refractivity contribution >= 4 is 11.6 Å². The molecule has 0 radical (unpaired) electrons. The number of nitrogen functional groups attached to an aromatic ring is 1. The molecule has 0 aliphatic heterocycles. The number of hydrogen-bond donors (Lipinski definition) is 2. The number of nitrogens with zero attached hydrogens (tertiary/aromatic N) is 2. The summed E-state index contributed by atoms with van der Waals surface area (Å²) in [6.07, 6.45) is -3.13. The van der Waals surface area contributed by atoms with Gasteiger partial charge in [0.15, 0.2) is 0 Å². The molecule has 0 atom stereocenters. The van der Waals surface area contributed by atoms with Crippen molar-refractivity contribution in [3.8, 4) is 0 Å². The second-order valence-electron chi connectivity index (χ2n) is 3.84. The third-order valence-electron chi connectivity index (χ3n) is 2.47. The van der Waals surface area contributed by atoms with Gasteiger partial charge in [0.05, 0.1) is 5.56 Å². The number of benzene rings is 1. The molecule has 2 aromatic rings. The van der Waals surface area contributed by atoms with Crippen LogP contribution in [0.3, 0.4) is 0 Å². The summed E-state index contributed by atoms with van der Waals surface area (Å²) in [5.41, 5.74) is 4.94. The first kappa shape index (κ1) is 13.1. The molecule has 0 saturated carbocycles. The molecule has 0 aliphatic carbocycles. The fraction of sp³-hybridized carbons (Fsp3) is 0.167. The summed E-state index contributed by atoms with van der Waals surface area (Å²) in [4.78, 5) is 7.56. The van der Waals surface area contributed by atoms with Gasteiger partial charge < -0.3 is 11.1 Å². The van der Waals surface area contributed by atoms with Gasteiger partial charge in [-0.05, 0) is 11.6 Å². The molecule has 3 N–H and O–H groups in total. The Balaban J connectivity index is 2.16. The second kappa shape index (κ2) is 5.13. The van der Waals surface area contributed by atoms with Gasteiger partial charge in [0.1, 0.15) is 18.0 Å². The van der Waals surface area contributed by atoms with E-state index in [9.17, 15) is 13.2 Å². The van der Waals surface area contributed by atoms with Crippen molar-refractivity contribution in [2.75, 3.05) is 11.1 Å². The Bertz CT molecular complexity index is 569. The van der Waals surface area contributed by atoms with Crippen LogP contribution in [0.25, 0.3) is 0 Å². The van der Waals surface area contributed by atoms with E-state index in [0.29, 0.717) is 5.82 Å². The number of rotatable bonds is 3. The Morgan fingerprint density at radius 1 is 1.16 bits per heavy atom. The molecule has 2 rings (SSSR count). The lowest BCUT2D eigenvalue weighted by molar-refractivity contribution is -0.138. The van der Waals surface area contributed by atoms with E-state index in [1.54, 1.807) is 6.07 Å². The average Bonchev–Trinajstić information content (AvgIpc) is 2.36. The van der Waals surface area contributed by atoms with Gasteiger partial charge in [-0.15, -0.1) is 0 Å². The largest absolute Gasteiger partial charge is 0.416 e. The van der Waals surface area contributed by atoms with Crippen LogP contribution in [0, 0.1) is 0 Å². The number of nitrogens with one attached hydrogen (secondary N) is 1. The molecule has 100 valence electrons. The molecule has 7 heteroatoms. The standard InChI is InChI=1S/C12H11F3N4/c13-12(14,15)9-4-2-1-3-8(9)6-17-11-5-10(16)18-7-19-11/h1-5,7H,6H2,(H3,16,17,18,19). The Kier molecular flexibility index (Phi) is 3.55.